The molecule has 4 N–H and O–H groups in total. The fourth-order valence-electron chi connectivity index (χ4n) is 11.3. The molecule has 14 atom stereocenters. The van der Waals surface area contributed by atoms with Crippen LogP contribution < -0.4 is 0 Å². The van der Waals surface area contributed by atoms with E-state index < -0.39 is 37.3 Å². The molecule has 0 unspecified atom stereocenters. The molecule has 0 aromatic carbocycles. The van der Waals surface area contributed by atoms with Crippen LogP contribution in [0.2, 0.25) is 0 Å². The molecule has 8 heteroatoms. The molecule has 4 fully saturated rings. The molecular weight excluding hydrogens is 584 g/mol. The fourth-order valence-corrected chi connectivity index (χ4v) is 11.3. The molecule has 1 saturated heterocycles. The molecule has 0 amide bonds. The molecule has 8 nitrogen and oxygen atoms in total. The first-order chi connectivity index (χ1) is 21.4. The summed E-state index contributed by atoms with van der Waals surface area (Å²) in [7, 11) is 3.64. The number of allylic oxidation sites excluding steroid dienone is 1. The Hall–Kier alpha value is -0.840. The molecule has 5 rings (SSSR count). The van der Waals surface area contributed by atoms with Crippen LogP contribution in [0.5, 0.6) is 0 Å². The van der Waals surface area contributed by atoms with Crippen molar-refractivity contribution in [3.05, 3.63) is 23.8 Å². The molecule has 0 bridgehead atoms. The lowest BCUT2D eigenvalue weighted by atomic mass is 9.38. The van der Waals surface area contributed by atoms with E-state index in [1.165, 1.54) is 24.8 Å². The average Bonchev–Trinajstić information content (AvgIpc) is 3.28. The first-order valence-electron chi connectivity index (χ1n) is 17.9. The number of fused-ring (bicyclic) bond motifs is 5. The van der Waals surface area contributed by atoms with Crippen LogP contribution in [0.1, 0.15) is 100 Å². The molecule has 264 valence electrons. The van der Waals surface area contributed by atoms with Crippen molar-refractivity contribution >= 4 is 0 Å². The molecule has 3 saturated carbocycles. The van der Waals surface area contributed by atoms with E-state index in [1.807, 2.05) is 7.11 Å². The summed E-state index contributed by atoms with van der Waals surface area (Å²) in [6, 6.07) is 0. The van der Waals surface area contributed by atoms with Crippen molar-refractivity contribution in [2.24, 2.45) is 45.3 Å². The van der Waals surface area contributed by atoms with Gasteiger partial charge in [0.2, 0.25) is 0 Å². The van der Waals surface area contributed by atoms with Crippen molar-refractivity contribution in [1.82, 2.24) is 0 Å². The highest BCUT2D eigenvalue weighted by molar-refractivity contribution is 5.33. The minimum absolute atomic E-state index is 0.0115. The molecular formula is C38H64O8. The first kappa shape index (κ1) is 36.4. The molecule has 0 radical (unpaired) electrons. The molecule has 1 aliphatic heterocycles. The summed E-state index contributed by atoms with van der Waals surface area (Å²) in [5.41, 5.74) is 1.19. The summed E-state index contributed by atoms with van der Waals surface area (Å²) < 4.78 is 24.3. The van der Waals surface area contributed by atoms with E-state index in [4.69, 9.17) is 18.9 Å². The summed E-state index contributed by atoms with van der Waals surface area (Å²) in [4.78, 5) is 0. The van der Waals surface area contributed by atoms with Gasteiger partial charge in [-0.15, -0.1) is 0 Å². The van der Waals surface area contributed by atoms with Crippen LogP contribution in [0.25, 0.3) is 0 Å². The van der Waals surface area contributed by atoms with E-state index in [2.05, 4.69) is 73.6 Å². The van der Waals surface area contributed by atoms with Crippen LogP contribution >= 0.6 is 0 Å². The Morgan fingerprint density at radius 3 is 2.28 bits per heavy atom. The SMILES string of the molecule is CO[C@@H]1C=C2[C@@H](CC[C@H](O[C@@H]3O[C@H](CO)[C@@H](O)[C@H](O)[C@H]3O)C2(C)C)[C@]2(C)CC[C@]3(C)[C@@H]([C@H](C)C/C=C/C(C)(C)OC)CC[C@@]3(C)[C@H]12. The van der Waals surface area contributed by atoms with Gasteiger partial charge in [-0.3, -0.25) is 0 Å². The minimum Gasteiger partial charge on any atom is -0.394 e. The topological polar surface area (TPSA) is 118 Å². The van der Waals surface area contributed by atoms with E-state index in [1.54, 1.807) is 7.11 Å². The van der Waals surface area contributed by atoms with Crippen molar-refractivity contribution in [3.63, 3.8) is 0 Å². The highest BCUT2D eigenvalue weighted by Crippen LogP contribution is 2.75. The van der Waals surface area contributed by atoms with Gasteiger partial charge in [-0.25, -0.2) is 0 Å². The average molecular weight is 649 g/mol. The standard InChI is InChI=1S/C38H64O8/c1-22(12-11-16-34(2,3)44-10)23-15-17-38(8)32-26(43-9)20-25-24(36(32,6)18-19-37(23,38)7)13-14-28(35(25,4)5)46-33-31(42)30(41)29(40)27(21-39)45-33/h11,16,20,22-24,26-33,39-42H,12-15,17-19,21H2,1-10H3/b16-11+/t22-,23-,24-,26-,27-,28+,29-,30+,31-,32-,33+,36+,37-,38+/m1/s1. The Morgan fingerprint density at radius 2 is 1.65 bits per heavy atom. The normalized spacial score (nSPS) is 48.0. The van der Waals surface area contributed by atoms with Crippen LogP contribution in [0.4, 0.5) is 0 Å². The fraction of sp³-hybridized carbons (Fsp3) is 0.895. The maximum atomic E-state index is 10.7. The van der Waals surface area contributed by atoms with Gasteiger partial charge in [0.1, 0.15) is 24.4 Å². The molecule has 0 spiro atoms. The van der Waals surface area contributed by atoms with Crippen LogP contribution in [-0.4, -0.2) is 89.8 Å². The number of methoxy groups -OCH3 is 2. The van der Waals surface area contributed by atoms with Gasteiger partial charge in [-0.1, -0.05) is 65.3 Å². The van der Waals surface area contributed by atoms with Crippen LogP contribution in [0.3, 0.4) is 0 Å². The monoisotopic (exact) mass is 648 g/mol. The van der Waals surface area contributed by atoms with Crippen LogP contribution in [-0.2, 0) is 18.9 Å². The van der Waals surface area contributed by atoms with Gasteiger partial charge < -0.3 is 39.4 Å². The zero-order valence-corrected chi connectivity index (χ0v) is 30.2. The smallest absolute Gasteiger partial charge is 0.187 e. The van der Waals surface area contributed by atoms with Gasteiger partial charge >= 0.3 is 0 Å². The van der Waals surface area contributed by atoms with Crippen molar-refractivity contribution < 1.29 is 39.4 Å². The zero-order chi connectivity index (χ0) is 34.0. The van der Waals surface area contributed by atoms with Crippen molar-refractivity contribution in [1.29, 1.82) is 0 Å². The number of ether oxygens (including phenoxy) is 4. The summed E-state index contributed by atoms with van der Waals surface area (Å²) in [6.07, 6.45) is 7.96. The van der Waals surface area contributed by atoms with Gasteiger partial charge in [0.05, 0.1) is 24.4 Å². The Morgan fingerprint density at radius 1 is 0.957 bits per heavy atom. The summed E-state index contributed by atoms with van der Waals surface area (Å²) >= 11 is 0. The van der Waals surface area contributed by atoms with E-state index in [0.717, 1.165) is 25.7 Å². The Balaban J connectivity index is 1.41. The Labute approximate surface area is 277 Å². The Kier molecular flexibility index (Phi) is 10.1. The van der Waals surface area contributed by atoms with Crippen molar-refractivity contribution in [3.8, 4) is 0 Å². The highest BCUT2D eigenvalue weighted by Gasteiger charge is 2.69. The summed E-state index contributed by atoms with van der Waals surface area (Å²) in [5, 5.41) is 41.1. The van der Waals surface area contributed by atoms with Crippen LogP contribution in [0.15, 0.2) is 23.8 Å². The molecule has 0 aromatic heterocycles. The number of rotatable bonds is 9. The largest absolute Gasteiger partial charge is 0.394 e. The van der Waals surface area contributed by atoms with Gasteiger partial charge in [0.25, 0.3) is 0 Å². The third kappa shape index (κ3) is 5.69. The van der Waals surface area contributed by atoms with E-state index in [9.17, 15) is 20.4 Å². The van der Waals surface area contributed by atoms with Gasteiger partial charge in [-0.2, -0.15) is 0 Å². The quantitative estimate of drug-likeness (QED) is 0.245. The minimum atomic E-state index is -1.45. The second-order valence-corrected chi connectivity index (χ2v) is 17.4. The van der Waals surface area contributed by atoms with Crippen LogP contribution in [0, 0.1) is 45.3 Å². The molecule has 4 aliphatic carbocycles. The van der Waals surface area contributed by atoms with E-state index in [0.29, 0.717) is 23.7 Å². The maximum Gasteiger partial charge on any atom is 0.187 e. The van der Waals surface area contributed by atoms with Gasteiger partial charge in [0, 0.05) is 25.6 Å². The maximum absolute atomic E-state index is 10.7. The lowest BCUT2D eigenvalue weighted by Gasteiger charge is -2.67. The molecule has 1 heterocycles. The predicted octanol–water partition coefficient (Wildman–Crippen LogP) is 5.41. The van der Waals surface area contributed by atoms with E-state index >= 15 is 0 Å². The predicted molar refractivity (Wildman–Crippen MR) is 178 cm³/mol. The third-order valence-corrected chi connectivity index (χ3v) is 14.4. The Bertz CT molecular complexity index is 1150. The highest BCUT2D eigenvalue weighted by atomic mass is 16.7. The first-order valence-corrected chi connectivity index (χ1v) is 17.9. The lowest BCUT2D eigenvalue weighted by Crippen LogP contribution is -2.64. The molecule has 0 aromatic rings. The zero-order valence-electron chi connectivity index (χ0n) is 30.2. The van der Waals surface area contributed by atoms with Crippen molar-refractivity contribution in [2.75, 3.05) is 20.8 Å². The molecule has 5 aliphatic rings. The summed E-state index contributed by atoms with van der Waals surface area (Å²) in [5.74, 6) is 2.03. The number of hydrogen-bond donors (Lipinski definition) is 4. The number of hydrogen-bond acceptors (Lipinski definition) is 8. The van der Waals surface area contributed by atoms with Crippen molar-refractivity contribution in [2.45, 2.75) is 149 Å². The number of aliphatic hydroxyl groups excluding tert-OH is 4. The number of aliphatic hydroxyl groups is 4. The van der Waals surface area contributed by atoms with Gasteiger partial charge in [0.15, 0.2) is 6.29 Å². The second kappa shape index (κ2) is 12.8. The summed E-state index contributed by atoms with van der Waals surface area (Å²) in [6.45, 7) is 18.3. The lowest BCUT2D eigenvalue weighted by molar-refractivity contribution is -0.320. The third-order valence-electron chi connectivity index (χ3n) is 14.4. The van der Waals surface area contributed by atoms with Gasteiger partial charge in [-0.05, 0) is 92.8 Å². The second-order valence-electron chi connectivity index (χ2n) is 17.4. The van der Waals surface area contributed by atoms with E-state index in [-0.39, 0.29) is 39.5 Å². The molecule has 46 heavy (non-hydrogen) atoms.